The first-order chi connectivity index (χ1) is 6.39. The quantitative estimate of drug-likeness (QED) is 0.739. The Morgan fingerprint density at radius 3 is 2.00 bits per heavy atom. The maximum atomic E-state index is 12.2. The second-order valence-electron chi connectivity index (χ2n) is 5.16. The minimum Gasteiger partial charge on any atom is -0.396 e. The Balaban J connectivity index is 1.94. The largest absolute Gasteiger partial charge is 0.396 e. The highest BCUT2D eigenvalue weighted by molar-refractivity contribution is 5.07. The lowest BCUT2D eigenvalue weighted by molar-refractivity contribution is -0.212. The van der Waals surface area contributed by atoms with Gasteiger partial charge in [-0.15, -0.1) is 0 Å². The van der Waals surface area contributed by atoms with Crippen molar-refractivity contribution in [3.63, 3.8) is 0 Å². The molecule has 4 heteroatoms. The molecule has 2 saturated carbocycles. The fourth-order valence-electron chi connectivity index (χ4n) is 3.29. The maximum Gasteiger partial charge on any atom is 0.389 e. The van der Waals surface area contributed by atoms with Gasteiger partial charge < -0.3 is 5.11 Å². The zero-order valence-electron chi connectivity index (χ0n) is 8.03. The normalized spacial score (nSPS) is 28.3. The van der Waals surface area contributed by atoms with Crippen LogP contribution in [-0.4, -0.2) is 17.9 Å². The molecule has 2 aliphatic carbocycles. The van der Waals surface area contributed by atoms with Crippen LogP contribution in [0, 0.1) is 10.8 Å². The minimum absolute atomic E-state index is 0.188. The predicted molar refractivity (Wildman–Crippen MR) is 45.7 cm³/mol. The summed E-state index contributed by atoms with van der Waals surface area (Å²) in [5.41, 5.74) is -0.646. The van der Waals surface area contributed by atoms with Crippen molar-refractivity contribution in [3.05, 3.63) is 0 Å². The maximum absolute atomic E-state index is 12.2. The van der Waals surface area contributed by atoms with Crippen LogP contribution in [0.5, 0.6) is 0 Å². The Kier molecular flexibility index (Phi) is 2.11. The summed E-state index contributed by atoms with van der Waals surface area (Å²) in [4.78, 5) is 0. The first-order valence-electron chi connectivity index (χ1n) is 5.07. The van der Waals surface area contributed by atoms with Crippen molar-refractivity contribution in [2.24, 2.45) is 10.8 Å². The van der Waals surface area contributed by atoms with Crippen molar-refractivity contribution in [2.75, 3.05) is 6.61 Å². The highest BCUT2D eigenvalue weighted by Crippen LogP contribution is 2.66. The molecule has 0 aromatic rings. The van der Waals surface area contributed by atoms with Gasteiger partial charge in [0.05, 0.1) is 6.42 Å². The highest BCUT2D eigenvalue weighted by Gasteiger charge is 2.59. The van der Waals surface area contributed by atoms with Gasteiger partial charge in [0.25, 0.3) is 0 Å². The van der Waals surface area contributed by atoms with Gasteiger partial charge in [-0.05, 0) is 31.1 Å². The number of halogens is 3. The van der Waals surface area contributed by atoms with Crippen LogP contribution in [0.25, 0.3) is 0 Å². The SMILES string of the molecule is OCC1(CC(F)(F)F)CC2(CCC2)C1. The molecule has 2 aliphatic rings. The zero-order chi connectivity index (χ0) is 10.4. The summed E-state index contributed by atoms with van der Waals surface area (Å²) in [5.74, 6) is 0. The molecule has 0 amide bonds. The number of alkyl halides is 3. The van der Waals surface area contributed by atoms with E-state index in [0.717, 1.165) is 19.3 Å². The summed E-state index contributed by atoms with van der Waals surface area (Å²) in [6, 6.07) is 0. The molecule has 0 radical (unpaired) electrons. The van der Waals surface area contributed by atoms with E-state index >= 15 is 0 Å². The van der Waals surface area contributed by atoms with E-state index in [1.54, 1.807) is 0 Å². The molecular weight excluding hydrogens is 193 g/mol. The summed E-state index contributed by atoms with van der Waals surface area (Å²) < 4.78 is 36.7. The molecule has 2 fully saturated rings. The first-order valence-corrected chi connectivity index (χ1v) is 5.07. The molecule has 1 spiro atoms. The molecule has 0 bridgehead atoms. The second-order valence-corrected chi connectivity index (χ2v) is 5.16. The monoisotopic (exact) mass is 208 g/mol. The Morgan fingerprint density at radius 2 is 1.71 bits per heavy atom. The molecule has 2 rings (SSSR count). The number of rotatable bonds is 2. The molecule has 82 valence electrons. The second kappa shape index (κ2) is 2.87. The van der Waals surface area contributed by atoms with E-state index in [0.29, 0.717) is 12.8 Å². The van der Waals surface area contributed by atoms with Crippen LogP contribution in [0.2, 0.25) is 0 Å². The Labute approximate surface area is 81.3 Å². The molecule has 0 atom stereocenters. The third kappa shape index (κ3) is 1.64. The van der Waals surface area contributed by atoms with Crippen LogP contribution >= 0.6 is 0 Å². The zero-order valence-corrected chi connectivity index (χ0v) is 8.03. The highest BCUT2D eigenvalue weighted by atomic mass is 19.4. The molecule has 0 aliphatic heterocycles. The number of hydrogen-bond donors (Lipinski definition) is 1. The van der Waals surface area contributed by atoms with E-state index in [2.05, 4.69) is 0 Å². The van der Waals surface area contributed by atoms with E-state index in [-0.39, 0.29) is 12.0 Å². The van der Waals surface area contributed by atoms with Crippen LogP contribution < -0.4 is 0 Å². The third-order valence-electron chi connectivity index (χ3n) is 3.83. The lowest BCUT2D eigenvalue weighted by Crippen LogP contribution is -2.53. The van der Waals surface area contributed by atoms with Gasteiger partial charge in [-0.3, -0.25) is 0 Å². The Morgan fingerprint density at radius 1 is 1.14 bits per heavy atom. The van der Waals surface area contributed by atoms with Crippen molar-refractivity contribution in [1.29, 1.82) is 0 Å². The number of aliphatic hydroxyl groups is 1. The molecule has 0 aromatic heterocycles. The van der Waals surface area contributed by atoms with E-state index in [4.69, 9.17) is 5.11 Å². The summed E-state index contributed by atoms with van der Waals surface area (Å²) in [7, 11) is 0. The summed E-state index contributed by atoms with van der Waals surface area (Å²) in [5, 5.41) is 9.05. The van der Waals surface area contributed by atoms with Gasteiger partial charge in [0.2, 0.25) is 0 Å². The van der Waals surface area contributed by atoms with E-state index in [1.807, 2.05) is 0 Å². The Bertz CT molecular complexity index is 222. The van der Waals surface area contributed by atoms with E-state index in [9.17, 15) is 13.2 Å². The van der Waals surface area contributed by atoms with Gasteiger partial charge in [0.15, 0.2) is 0 Å². The van der Waals surface area contributed by atoms with Crippen LogP contribution in [-0.2, 0) is 0 Å². The molecule has 1 nitrogen and oxygen atoms in total. The van der Waals surface area contributed by atoms with Crippen LogP contribution in [0.3, 0.4) is 0 Å². The Hall–Kier alpha value is -0.250. The fraction of sp³-hybridized carbons (Fsp3) is 1.00. The molecular formula is C10H15F3O. The van der Waals surface area contributed by atoms with Crippen LogP contribution in [0.4, 0.5) is 13.2 Å². The van der Waals surface area contributed by atoms with Crippen molar-refractivity contribution in [1.82, 2.24) is 0 Å². The summed E-state index contributed by atoms with van der Waals surface area (Å²) in [6.45, 7) is -0.311. The third-order valence-corrected chi connectivity index (χ3v) is 3.83. The van der Waals surface area contributed by atoms with Crippen LogP contribution in [0.1, 0.15) is 38.5 Å². The smallest absolute Gasteiger partial charge is 0.389 e. The molecule has 0 unspecified atom stereocenters. The predicted octanol–water partition coefficient (Wildman–Crippen LogP) is 2.88. The minimum atomic E-state index is -4.13. The average Bonchev–Trinajstić information content (AvgIpc) is 1.90. The lowest BCUT2D eigenvalue weighted by atomic mass is 9.44. The van der Waals surface area contributed by atoms with Gasteiger partial charge in [-0.1, -0.05) is 6.42 Å². The van der Waals surface area contributed by atoms with Gasteiger partial charge in [0.1, 0.15) is 0 Å². The topological polar surface area (TPSA) is 20.2 Å². The molecule has 0 aromatic carbocycles. The van der Waals surface area contributed by atoms with E-state index in [1.165, 1.54) is 0 Å². The van der Waals surface area contributed by atoms with Gasteiger partial charge >= 0.3 is 6.18 Å². The lowest BCUT2D eigenvalue weighted by Gasteiger charge is -2.61. The summed E-state index contributed by atoms with van der Waals surface area (Å²) >= 11 is 0. The molecule has 1 N–H and O–H groups in total. The first kappa shape index (κ1) is 10.3. The van der Waals surface area contributed by atoms with Crippen molar-refractivity contribution < 1.29 is 18.3 Å². The standard InChI is InChI=1S/C10H15F3O/c11-10(12,13)6-9(7-14)4-8(5-9)2-1-3-8/h14H,1-7H2. The van der Waals surface area contributed by atoms with Crippen LogP contribution in [0.15, 0.2) is 0 Å². The van der Waals surface area contributed by atoms with Crippen molar-refractivity contribution in [2.45, 2.75) is 44.7 Å². The molecule has 14 heavy (non-hydrogen) atoms. The number of aliphatic hydroxyl groups excluding tert-OH is 1. The number of hydrogen-bond acceptors (Lipinski definition) is 1. The van der Waals surface area contributed by atoms with Crippen molar-refractivity contribution >= 4 is 0 Å². The fourth-order valence-corrected chi connectivity index (χ4v) is 3.29. The average molecular weight is 208 g/mol. The van der Waals surface area contributed by atoms with Gasteiger partial charge in [-0.2, -0.15) is 13.2 Å². The molecule has 0 saturated heterocycles. The molecule has 0 heterocycles. The van der Waals surface area contributed by atoms with Crippen molar-refractivity contribution in [3.8, 4) is 0 Å². The van der Waals surface area contributed by atoms with Gasteiger partial charge in [-0.25, -0.2) is 0 Å². The van der Waals surface area contributed by atoms with Gasteiger partial charge in [0, 0.05) is 12.0 Å². The van der Waals surface area contributed by atoms with E-state index < -0.39 is 18.0 Å². The summed E-state index contributed by atoms with van der Waals surface area (Å²) in [6.07, 6.45) is -0.509.